The number of hydrogen-bond acceptors (Lipinski definition) is 2. The van der Waals surface area contributed by atoms with Crippen molar-refractivity contribution in [3.05, 3.63) is 24.3 Å². The van der Waals surface area contributed by atoms with E-state index in [1.54, 1.807) is 12.1 Å². The average Bonchev–Trinajstić information content (AvgIpc) is 2.02. The van der Waals surface area contributed by atoms with Crippen LogP contribution in [0.1, 0.15) is 6.92 Å². The lowest BCUT2D eigenvalue weighted by atomic mass is 10.3. The van der Waals surface area contributed by atoms with E-state index in [4.69, 9.17) is 5.11 Å². The van der Waals surface area contributed by atoms with Crippen LogP contribution in [0.25, 0.3) is 0 Å². The molecular weight excluding hydrogens is 194 g/mol. The first-order chi connectivity index (χ1) is 5.97. The van der Waals surface area contributed by atoms with Crippen molar-refractivity contribution in [3.8, 4) is 5.75 Å². The van der Waals surface area contributed by atoms with Crippen LogP contribution in [0.5, 0.6) is 5.75 Å². The van der Waals surface area contributed by atoms with Gasteiger partial charge in [0, 0.05) is 11.8 Å². The Kier molecular flexibility index (Phi) is 3.14. The zero-order chi connectivity index (χ0) is 9.90. The van der Waals surface area contributed by atoms with Crippen molar-refractivity contribution in [2.45, 2.75) is 17.7 Å². The number of rotatable bonds is 3. The molecule has 0 saturated heterocycles. The molecule has 0 radical (unpaired) electrons. The van der Waals surface area contributed by atoms with Gasteiger partial charge in [0.25, 0.3) is 5.92 Å². The van der Waals surface area contributed by atoms with Gasteiger partial charge in [-0.2, -0.15) is 0 Å². The molecular formula is C9H10F2OS. The van der Waals surface area contributed by atoms with Crippen LogP contribution in [-0.2, 0) is 0 Å². The van der Waals surface area contributed by atoms with Crippen LogP contribution >= 0.6 is 11.8 Å². The van der Waals surface area contributed by atoms with E-state index in [-0.39, 0.29) is 11.5 Å². The molecule has 0 amide bonds. The smallest absolute Gasteiger partial charge is 0.254 e. The van der Waals surface area contributed by atoms with Gasteiger partial charge in [-0.15, -0.1) is 11.8 Å². The van der Waals surface area contributed by atoms with E-state index in [0.29, 0.717) is 0 Å². The lowest BCUT2D eigenvalue weighted by molar-refractivity contribution is 0.0492. The highest BCUT2D eigenvalue weighted by Gasteiger charge is 2.20. The molecule has 0 heterocycles. The monoisotopic (exact) mass is 204 g/mol. The van der Waals surface area contributed by atoms with E-state index in [9.17, 15) is 8.78 Å². The fourth-order valence-electron chi connectivity index (χ4n) is 0.752. The van der Waals surface area contributed by atoms with E-state index in [2.05, 4.69) is 0 Å². The maximum absolute atomic E-state index is 12.4. The minimum absolute atomic E-state index is 0.146. The number of benzene rings is 1. The van der Waals surface area contributed by atoms with Gasteiger partial charge in [0.1, 0.15) is 5.75 Å². The number of phenolic OH excluding ortho intramolecular Hbond substituents is 1. The number of hydrogen-bond donors (Lipinski definition) is 1. The van der Waals surface area contributed by atoms with Gasteiger partial charge in [0.05, 0.1) is 5.75 Å². The topological polar surface area (TPSA) is 20.2 Å². The zero-order valence-electron chi connectivity index (χ0n) is 7.13. The largest absolute Gasteiger partial charge is 0.508 e. The fourth-order valence-corrected chi connectivity index (χ4v) is 1.50. The van der Waals surface area contributed by atoms with E-state index in [1.165, 1.54) is 12.1 Å². The van der Waals surface area contributed by atoms with Crippen LogP contribution < -0.4 is 0 Å². The number of halogens is 2. The highest BCUT2D eigenvalue weighted by Crippen LogP contribution is 2.26. The van der Waals surface area contributed by atoms with Gasteiger partial charge in [0.2, 0.25) is 0 Å². The molecule has 1 nitrogen and oxygen atoms in total. The second kappa shape index (κ2) is 3.96. The van der Waals surface area contributed by atoms with Crippen LogP contribution in [0.15, 0.2) is 29.2 Å². The van der Waals surface area contributed by atoms with Gasteiger partial charge in [-0.25, -0.2) is 8.78 Å². The third-order valence-electron chi connectivity index (χ3n) is 1.33. The van der Waals surface area contributed by atoms with Crippen molar-refractivity contribution in [2.75, 3.05) is 5.75 Å². The summed E-state index contributed by atoms with van der Waals surface area (Å²) in [6.07, 6.45) is 0. The molecule has 4 heteroatoms. The Balaban J connectivity index is 2.51. The second-order valence-corrected chi connectivity index (χ2v) is 3.90. The molecule has 1 aromatic rings. The van der Waals surface area contributed by atoms with Gasteiger partial charge in [-0.1, -0.05) is 0 Å². The van der Waals surface area contributed by atoms with Gasteiger partial charge in [0.15, 0.2) is 0 Å². The third-order valence-corrected chi connectivity index (χ3v) is 2.59. The molecule has 0 saturated carbocycles. The van der Waals surface area contributed by atoms with Gasteiger partial charge in [-0.3, -0.25) is 0 Å². The van der Waals surface area contributed by atoms with E-state index >= 15 is 0 Å². The predicted octanol–water partition coefficient (Wildman–Crippen LogP) is 3.14. The molecule has 0 spiro atoms. The first kappa shape index (κ1) is 10.3. The summed E-state index contributed by atoms with van der Waals surface area (Å²) < 4.78 is 24.8. The Morgan fingerprint density at radius 2 is 1.85 bits per heavy atom. The summed E-state index contributed by atoms with van der Waals surface area (Å²) in [5.41, 5.74) is 0. The molecule has 13 heavy (non-hydrogen) atoms. The Morgan fingerprint density at radius 1 is 1.31 bits per heavy atom. The van der Waals surface area contributed by atoms with Crippen molar-refractivity contribution < 1.29 is 13.9 Å². The number of aromatic hydroxyl groups is 1. The van der Waals surface area contributed by atoms with Crippen molar-refractivity contribution in [3.63, 3.8) is 0 Å². The molecule has 0 aliphatic carbocycles. The lowest BCUT2D eigenvalue weighted by Gasteiger charge is -2.08. The Labute approximate surface area is 79.8 Å². The summed E-state index contributed by atoms with van der Waals surface area (Å²) in [6, 6.07) is 6.20. The molecule has 1 aromatic carbocycles. The predicted molar refractivity (Wildman–Crippen MR) is 49.5 cm³/mol. The number of alkyl halides is 2. The SMILES string of the molecule is CC(F)(F)CSc1ccc(O)cc1. The molecule has 1 rings (SSSR count). The van der Waals surface area contributed by atoms with Gasteiger partial charge >= 0.3 is 0 Å². The average molecular weight is 204 g/mol. The first-order valence-corrected chi connectivity index (χ1v) is 4.75. The number of phenols is 1. The van der Waals surface area contributed by atoms with Gasteiger partial charge < -0.3 is 5.11 Å². The number of thioether (sulfide) groups is 1. The lowest BCUT2D eigenvalue weighted by Crippen LogP contribution is -2.12. The molecule has 0 aromatic heterocycles. The van der Waals surface area contributed by atoms with Crippen LogP contribution in [0.4, 0.5) is 8.78 Å². The minimum atomic E-state index is -2.65. The van der Waals surface area contributed by atoms with Crippen molar-refractivity contribution in [1.82, 2.24) is 0 Å². The molecule has 1 N–H and O–H groups in total. The summed E-state index contributed by atoms with van der Waals surface area (Å²) in [7, 11) is 0. The maximum atomic E-state index is 12.4. The Hall–Kier alpha value is -0.770. The highest BCUT2D eigenvalue weighted by molar-refractivity contribution is 7.99. The molecule has 0 bridgehead atoms. The van der Waals surface area contributed by atoms with Gasteiger partial charge in [-0.05, 0) is 24.3 Å². The standard InChI is InChI=1S/C9H10F2OS/c1-9(10,11)6-13-8-4-2-7(12)3-5-8/h2-5,12H,6H2,1H3. The Bertz CT molecular complexity index is 266. The van der Waals surface area contributed by atoms with E-state index in [1.807, 2.05) is 0 Å². The minimum Gasteiger partial charge on any atom is -0.508 e. The van der Waals surface area contributed by atoms with Crippen LogP contribution in [0.2, 0.25) is 0 Å². The fraction of sp³-hybridized carbons (Fsp3) is 0.333. The Morgan fingerprint density at radius 3 is 2.31 bits per heavy atom. The second-order valence-electron chi connectivity index (χ2n) is 2.85. The van der Waals surface area contributed by atoms with E-state index < -0.39 is 5.92 Å². The van der Waals surface area contributed by atoms with Crippen LogP contribution in [-0.4, -0.2) is 16.8 Å². The highest BCUT2D eigenvalue weighted by atomic mass is 32.2. The summed E-state index contributed by atoms with van der Waals surface area (Å²) in [4.78, 5) is 0.735. The summed E-state index contributed by atoms with van der Waals surface area (Å²) in [6.45, 7) is 0.889. The zero-order valence-corrected chi connectivity index (χ0v) is 7.94. The van der Waals surface area contributed by atoms with Crippen molar-refractivity contribution >= 4 is 11.8 Å². The molecule has 0 aliphatic heterocycles. The summed E-state index contributed by atoms with van der Waals surface area (Å²) in [5, 5.41) is 8.93. The normalized spacial score (nSPS) is 11.6. The summed E-state index contributed by atoms with van der Waals surface area (Å²) in [5.74, 6) is -2.74. The van der Waals surface area contributed by atoms with Crippen LogP contribution in [0.3, 0.4) is 0 Å². The molecule has 0 atom stereocenters. The van der Waals surface area contributed by atoms with Crippen LogP contribution in [0, 0.1) is 0 Å². The summed E-state index contributed by atoms with van der Waals surface area (Å²) >= 11 is 1.07. The molecule has 0 unspecified atom stereocenters. The van der Waals surface area contributed by atoms with Crippen molar-refractivity contribution in [1.29, 1.82) is 0 Å². The maximum Gasteiger partial charge on any atom is 0.254 e. The molecule has 0 aliphatic rings. The first-order valence-electron chi connectivity index (χ1n) is 3.77. The van der Waals surface area contributed by atoms with Crippen molar-refractivity contribution in [2.24, 2.45) is 0 Å². The third kappa shape index (κ3) is 4.12. The quantitative estimate of drug-likeness (QED) is 0.763. The van der Waals surface area contributed by atoms with E-state index in [0.717, 1.165) is 23.6 Å². The molecule has 0 fully saturated rings. The molecule has 72 valence electrons.